The predicted molar refractivity (Wildman–Crippen MR) is 68.9 cm³/mol. The summed E-state index contributed by atoms with van der Waals surface area (Å²) in [5.74, 6) is 0.828. The minimum absolute atomic E-state index is 0.00221. The number of carbonyl (C=O) groups is 1. The van der Waals surface area contributed by atoms with Gasteiger partial charge in [0.15, 0.2) is 11.5 Å². The monoisotopic (exact) mass is 295 g/mol. The van der Waals surface area contributed by atoms with Crippen LogP contribution in [-0.2, 0) is 11.3 Å². The number of amides is 1. The molecular weight excluding hydrogens is 286 g/mol. The molecule has 1 aliphatic heterocycles. The Kier molecular flexibility index (Phi) is 3.38. The van der Waals surface area contributed by atoms with E-state index in [2.05, 4.69) is 20.8 Å². The van der Waals surface area contributed by atoms with Gasteiger partial charge in [0, 0.05) is 12.1 Å². The topological polar surface area (TPSA) is 91.2 Å². The molecule has 1 aliphatic rings. The molecule has 1 amide bonds. The fourth-order valence-corrected chi connectivity index (χ4v) is 1.95. The Bertz CT molecular complexity index is 631. The third-order valence-electron chi connectivity index (χ3n) is 2.60. The summed E-state index contributed by atoms with van der Waals surface area (Å²) in [5.41, 5.74) is 0.453. The summed E-state index contributed by atoms with van der Waals surface area (Å²) in [6.07, 6.45) is 1.35. The number of rotatable bonds is 3. The number of nitrogens with one attached hydrogen (secondary N) is 1. The van der Waals surface area contributed by atoms with Gasteiger partial charge in [0.25, 0.3) is 0 Å². The second kappa shape index (κ2) is 5.33. The van der Waals surface area contributed by atoms with Crippen molar-refractivity contribution in [3.05, 3.63) is 23.5 Å². The number of carbonyl (C=O) groups excluding carboxylic acids is 1. The number of hydrogen-bond acceptors (Lipinski definition) is 6. The quantitative estimate of drug-likeness (QED) is 0.898. The molecule has 0 atom stereocenters. The number of ether oxygens (including phenoxy) is 2. The smallest absolute Gasteiger partial charge is 0.246 e. The van der Waals surface area contributed by atoms with Crippen molar-refractivity contribution in [2.24, 2.45) is 0 Å². The Morgan fingerprint density at radius 3 is 2.80 bits per heavy atom. The van der Waals surface area contributed by atoms with E-state index in [1.807, 2.05) is 0 Å². The molecule has 2 aromatic rings. The first-order valence-corrected chi connectivity index (χ1v) is 6.20. The van der Waals surface area contributed by atoms with Gasteiger partial charge < -0.3 is 14.8 Å². The summed E-state index contributed by atoms with van der Waals surface area (Å²) >= 11 is 6.09. The number of hydrogen-bond donors (Lipinski definition) is 1. The number of benzene rings is 1. The minimum atomic E-state index is -0.295. The molecule has 0 radical (unpaired) electrons. The van der Waals surface area contributed by atoms with Crippen LogP contribution in [0.1, 0.15) is 0 Å². The SMILES string of the molecule is O=C(Cn1cnnn1)Nc1cc2c(cc1Cl)OCCO2. The summed E-state index contributed by atoms with van der Waals surface area (Å²) in [6, 6.07) is 3.25. The van der Waals surface area contributed by atoms with Gasteiger partial charge in [0.1, 0.15) is 26.1 Å². The molecule has 1 aromatic heterocycles. The highest BCUT2D eigenvalue weighted by Crippen LogP contribution is 2.37. The summed E-state index contributed by atoms with van der Waals surface area (Å²) in [6.45, 7) is 0.943. The fourth-order valence-electron chi connectivity index (χ4n) is 1.75. The third kappa shape index (κ3) is 2.64. The molecule has 0 unspecified atom stereocenters. The van der Waals surface area contributed by atoms with E-state index in [4.69, 9.17) is 21.1 Å². The maximum Gasteiger partial charge on any atom is 0.246 e. The average molecular weight is 296 g/mol. The van der Waals surface area contributed by atoms with E-state index >= 15 is 0 Å². The van der Waals surface area contributed by atoms with Crippen LogP contribution in [0.4, 0.5) is 5.69 Å². The first kappa shape index (κ1) is 12.7. The van der Waals surface area contributed by atoms with Gasteiger partial charge in [-0.3, -0.25) is 4.79 Å². The molecular formula is C11H10ClN5O3. The largest absolute Gasteiger partial charge is 0.486 e. The summed E-state index contributed by atoms with van der Waals surface area (Å²) in [7, 11) is 0. The highest BCUT2D eigenvalue weighted by atomic mass is 35.5. The van der Waals surface area contributed by atoms with Crippen LogP contribution >= 0.6 is 11.6 Å². The van der Waals surface area contributed by atoms with Crippen LogP contribution in [0, 0.1) is 0 Å². The number of halogens is 1. The van der Waals surface area contributed by atoms with E-state index in [1.165, 1.54) is 11.0 Å². The second-order valence-electron chi connectivity index (χ2n) is 4.03. The molecule has 8 nitrogen and oxygen atoms in total. The van der Waals surface area contributed by atoms with Crippen LogP contribution in [0.25, 0.3) is 0 Å². The van der Waals surface area contributed by atoms with Crippen LogP contribution in [-0.4, -0.2) is 39.3 Å². The van der Waals surface area contributed by atoms with Gasteiger partial charge in [-0.1, -0.05) is 11.6 Å². The molecule has 0 aliphatic carbocycles. The van der Waals surface area contributed by atoms with Crippen molar-refractivity contribution < 1.29 is 14.3 Å². The number of nitrogens with zero attached hydrogens (tertiary/aromatic N) is 4. The first-order valence-electron chi connectivity index (χ1n) is 5.82. The van der Waals surface area contributed by atoms with E-state index in [9.17, 15) is 4.79 Å². The van der Waals surface area contributed by atoms with E-state index in [1.54, 1.807) is 12.1 Å². The van der Waals surface area contributed by atoms with Gasteiger partial charge in [-0.25, -0.2) is 4.68 Å². The zero-order valence-corrected chi connectivity index (χ0v) is 11.0. The Hall–Kier alpha value is -2.35. The Morgan fingerprint density at radius 1 is 1.35 bits per heavy atom. The molecule has 104 valence electrons. The summed E-state index contributed by atoms with van der Waals surface area (Å²) < 4.78 is 12.1. The van der Waals surface area contributed by atoms with Crippen LogP contribution in [0.15, 0.2) is 18.5 Å². The Balaban J connectivity index is 1.75. The standard InChI is InChI=1S/C11H10ClN5O3/c12-7-3-9-10(20-2-1-19-9)4-8(7)14-11(18)5-17-6-13-15-16-17/h3-4,6H,1-2,5H2,(H,14,18). The highest BCUT2D eigenvalue weighted by Gasteiger charge is 2.16. The van der Waals surface area contributed by atoms with Gasteiger partial charge in [-0.05, 0) is 10.4 Å². The molecule has 1 aromatic carbocycles. The summed E-state index contributed by atoms with van der Waals surface area (Å²) in [4.78, 5) is 11.8. The molecule has 1 N–H and O–H groups in total. The molecule has 0 bridgehead atoms. The van der Waals surface area contributed by atoms with Crippen molar-refractivity contribution >= 4 is 23.2 Å². The van der Waals surface area contributed by atoms with E-state index in [0.29, 0.717) is 35.4 Å². The van der Waals surface area contributed by atoms with Crippen LogP contribution in [0.3, 0.4) is 0 Å². The van der Waals surface area contributed by atoms with Crippen molar-refractivity contribution in [1.29, 1.82) is 0 Å². The van der Waals surface area contributed by atoms with Crippen molar-refractivity contribution in [2.45, 2.75) is 6.54 Å². The lowest BCUT2D eigenvalue weighted by Crippen LogP contribution is -2.20. The molecule has 0 saturated heterocycles. The molecule has 2 heterocycles. The molecule has 0 fully saturated rings. The number of tetrazole rings is 1. The zero-order valence-electron chi connectivity index (χ0n) is 10.2. The number of aromatic nitrogens is 4. The molecule has 20 heavy (non-hydrogen) atoms. The molecule has 3 rings (SSSR count). The third-order valence-corrected chi connectivity index (χ3v) is 2.92. The molecule has 0 spiro atoms. The maximum absolute atomic E-state index is 11.8. The van der Waals surface area contributed by atoms with Gasteiger partial charge in [0.05, 0.1) is 10.7 Å². The molecule has 0 saturated carbocycles. The summed E-state index contributed by atoms with van der Waals surface area (Å²) in [5, 5.41) is 13.6. The lowest BCUT2D eigenvalue weighted by molar-refractivity contribution is -0.116. The normalized spacial score (nSPS) is 13.1. The van der Waals surface area contributed by atoms with Crippen molar-refractivity contribution in [3.8, 4) is 11.5 Å². The number of anilines is 1. The van der Waals surface area contributed by atoms with E-state index in [-0.39, 0.29) is 12.5 Å². The van der Waals surface area contributed by atoms with Gasteiger partial charge in [-0.15, -0.1) is 5.10 Å². The van der Waals surface area contributed by atoms with E-state index < -0.39 is 0 Å². The number of fused-ring (bicyclic) bond motifs is 1. The lowest BCUT2D eigenvalue weighted by atomic mass is 10.2. The van der Waals surface area contributed by atoms with Crippen molar-refractivity contribution in [1.82, 2.24) is 20.2 Å². The Morgan fingerprint density at radius 2 is 2.10 bits per heavy atom. The van der Waals surface area contributed by atoms with E-state index in [0.717, 1.165) is 0 Å². The maximum atomic E-state index is 11.8. The fraction of sp³-hybridized carbons (Fsp3) is 0.273. The zero-order chi connectivity index (χ0) is 13.9. The Labute approximate surface area is 118 Å². The van der Waals surface area contributed by atoms with Crippen LogP contribution in [0.5, 0.6) is 11.5 Å². The highest BCUT2D eigenvalue weighted by molar-refractivity contribution is 6.34. The molecule has 9 heteroatoms. The second-order valence-corrected chi connectivity index (χ2v) is 4.44. The van der Waals surface area contributed by atoms with Crippen LogP contribution in [0.2, 0.25) is 5.02 Å². The lowest BCUT2D eigenvalue weighted by Gasteiger charge is -2.19. The van der Waals surface area contributed by atoms with Crippen molar-refractivity contribution in [2.75, 3.05) is 18.5 Å². The van der Waals surface area contributed by atoms with Crippen LogP contribution < -0.4 is 14.8 Å². The van der Waals surface area contributed by atoms with Gasteiger partial charge in [-0.2, -0.15) is 0 Å². The average Bonchev–Trinajstić information content (AvgIpc) is 2.92. The van der Waals surface area contributed by atoms with Crippen molar-refractivity contribution in [3.63, 3.8) is 0 Å². The minimum Gasteiger partial charge on any atom is -0.486 e. The van der Waals surface area contributed by atoms with Gasteiger partial charge >= 0.3 is 0 Å². The van der Waals surface area contributed by atoms with Gasteiger partial charge in [0.2, 0.25) is 5.91 Å². The predicted octanol–water partition coefficient (Wildman–Crippen LogP) is 0.736. The first-order chi connectivity index (χ1) is 9.72.